The van der Waals surface area contributed by atoms with Crippen molar-refractivity contribution in [1.29, 1.82) is 0 Å². The van der Waals surface area contributed by atoms with E-state index < -0.39 is 0 Å². The summed E-state index contributed by atoms with van der Waals surface area (Å²) in [5.74, 6) is -0.166. The molecule has 0 aliphatic heterocycles. The molecule has 0 unspecified atom stereocenters. The molecule has 0 aromatic heterocycles. The molecule has 13 heavy (non-hydrogen) atoms. The van der Waals surface area contributed by atoms with Crippen LogP contribution in [0.2, 0.25) is 0 Å². The van der Waals surface area contributed by atoms with Gasteiger partial charge in [0.2, 0.25) is 0 Å². The minimum atomic E-state index is -0.166. The van der Waals surface area contributed by atoms with Crippen LogP contribution in [0.1, 0.15) is 24.2 Å². The Labute approximate surface area is 129 Å². The average molecular weight is 250 g/mol. The molecule has 3 heteroatoms. The zero-order valence-electron chi connectivity index (χ0n) is 8.74. The second kappa shape index (κ2) is 10.6. The Hall–Kier alpha value is 0.495. The van der Waals surface area contributed by atoms with E-state index in [9.17, 15) is 4.79 Å². The number of carbonyl (C=O) groups is 1. The number of carbonyl (C=O) groups excluding carboxylic acids is 1. The molecule has 66 valence electrons. The summed E-state index contributed by atoms with van der Waals surface area (Å²) in [7, 11) is 1.50. The molecule has 1 rings (SSSR count). The van der Waals surface area contributed by atoms with Crippen LogP contribution in [-0.4, -0.2) is 13.0 Å². The van der Waals surface area contributed by atoms with Gasteiger partial charge in [0.1, 0.15) is 0 Å². The third kappa shape index (κ3) is 6.55. The first-order chi connectivity index (χ1) is 5.84. The van der Waals surface area contributed by atoms with Crippen molar-refractivity contribution in [2.75, 3.05) is 7.05 Å². The molecule has 1 amide bonds. The molecule has 2 nitrogen and oxygen atoms in total. The summed E-state index contributed by atoms with van der Waals surface area (Å²) >= 11 is 0. The smallest absolute Gasteiger partial charge is 0.652 e. The van der Waals surface area contributed by atoms with Gasteiger partial charge in [-0.15, -0.1) is 7.05 Å². The molecule has 0 saturated carbocycles. The predicted octanol–water partition coefficient (Wildman–Crippen LogP) is -0.139. The van der Waals surface area contributed by atoms with E-state index in [0.29, 0.717) is 5.56 Å². The molecule has 0 saturated heterocycles. The van der Waals surface area contributed by atoms with Crippen LogP contribution in [0, 0.1) is 0 Å². The maximum absolute atomic E-state index is 10.8. The van der Waals surface area contributed by atoms with Gasteiger partial charge in [-0.3, -0.25) is 0 Å². The molecule has 0 spiro atoms. The maximum atomic E-state index is 10.8. The molecule has 0 aliphatic rings. The van der Waals surface area contributed by atoms with Crippen LogP contribution in [0.3, 0.4) is 0 Å². The van der Waals surface area contributed by atoms with Gasteiger partial charge in [-0.25, -0.2) is 0 Å². The molecule has 1 aromatic carbocycles. The van der Waals surface area contributed by atoms with Gasteiger partial charge in [0.05, 0.1) is 5.91 Å². The average Bonchev–Trinajstić information content (AvgIpc) is 2.21. The van der Waals surface area contributed by atoms with E-state index in [-0.39, 0.29) is 64.1 Å². The Morgan fingerprint density at radius 1 is 1.15 bits per heavy atom. The summed E-state index contributed by atoms with van der Waals surface area (Å²) in [6.45, 7) is 4.00. The van der Waals surface area contributed by atoms with Crippen LogP contribution >= 0.6 is 0 Å². The van der Waals surface area contributed by atoms with Crippen molar-refractivity contribution in [2.45, 2.75) is 13.8 Å². The molecule has 0 bridgehead atoms. The zero-order chi connectivity index (χ0) is 9.40. The molecule has 0 fully saturated rings. The van der Waals surface area contributed by atoms with Crippen molar-refractivity contribution in [3.63, 3.8) is 0 Å². The summed E-state index contributed by atoms with van der Waals surface area (Å²) in [6, 6.07) is 8.99. The number of nitrogens with zero attached hydrogens (tertiary/aromatic N) is 1. The van der Waals surface area contributed by atoms with Crippen molar-refractivity contribution < 1.29 is 63.0 Å². The Morgan fingerprint density at radius 3 is 2.00 bits per heavy atom. The minimum absolute atomic E-state index is 0. The van der Waals surface area contributed by atoms with Crippen molar-refractivity contribution in [1.82, 2.24) is 0 Å². The Morgan fingerprint density at radius 2 is 1.62 bits per heavy atom. The van der Waals surface area contributed by atoms with Gasteiger partial charge < -0.3 is 10.1 Å². The maximum Gasteiger partial charge on any atom is 1.00 e. The third-order valence-corrected chi connectivity index (χ3v) is 1.22. The van der Waals surface area contributed by atoms with Crippen LogP contribution in [0.4, 0.5) is 0 Å². The molecular formula is C10H14NORb. The van der Waals surface area contributed by atoms with Crippen molar-refractivity contribution in [3.8, 4) is 0 Å². The molecule has 0 N–H and O–H groups in total. The van der Waals surface area contributed by atoms with Crippen molar-refractivity contribution in [3.05, 3.63) is 41.2 Å². The van der Waals surface area contributed by atoms with Gasteiger partial charge in [0, 0.05) is 0 Å². The van der Waals surface area contributed by atoms with Crippen LogP contribution in [0.15, 0.2) is 30.3 Å². The summed E-state index contributed by atoms with van der Waals surface area (Å²) in [4.78, 5) is 10.8. The first-order valence-corrected chi connectivity index (χ1v) is 4.04. The molecule has 0 radical (unpaired) electrons. The largest absolute Gasteiger partial charge is 1.00 e. The topological polar surface area (TPSA) is 31.2 Å². The molecule has 0 aliphatic carbocycles. The Bertz CT molecular complexity index is 224. The fraction of sp³-hybridized carbons (Fsp3) is 0.300. The van der Waals surface area contributed by atoms with Crippen molar-refractivity contribution >= 4 is 5.91 Å². The van der Waals surface area contributed by atoms with Gasteiger partial charge in [-0.05, 0) is 5.56 Å². The zero-order valence-corrected chi connectivity index (χ0v) is 13.7. The number of rotatable bonds is 1. The third-order valence-electron chi connectivity index (χ3n) is 1.22. The summed E-state index contributed by atoms with van der Waals surface area (Å²) in [5, 5.41) is 3.52. The standard InChI is InChI=1S/C8H9NO.C2H6.Rb/c1-9-8(10)7-5-3-2-4-6-7;1-2;/h2-6H,1H3,(H,9,10);1-2H3;/q;;+1/p-1. The quantitative estimate of drug-likeness (QED) is 0.682. The normalized spacial score (nSPS) is 7.31. The second-order valence-corrected chi connectivity index (χ2v) is 1.89. The van der Waals surface area contributed by atoms with Crippen LogP contribution < -0.4 is 58.2 Å². The van der Waals surface area contributed by atoms with E-state index >= 15 is 0 Å². The molecule has 0 atom stereocenters. The Kier molecular flexibility index (Phi) is 13.0. The van der Waals surface area contributed by atoms with Gasteiger partial charge in [-0.2, -0.15) is 0 Å². The first-order valence-electron chi connectivity index (χ1n) is 4.04. The van der Waals surface area contributed by atoms with Crippen molar-refractivity contribution in [2.24, 2.45) is 0 Å². The van der Waals surface area contributed by atoms with Crippen LogP contribution in [0.25, 0.3) is 5.32 Å². The van der Waals surface area contributed by atoms with Gasteiger partial charge in [0.25, 0.3) is 0 Å². The molecular weight excluding hydrogens is 236 g/mol. The fourth-order valence-corrected chi connectivity index (χ4v) is 0.710. The van der Waals surface area contributed by atoms with Gasteiger partial charge in [-0.1, -0.05) is 44.2 Å². The second-order valence-electron chi connectivity index (χ2n) is 1.89. The number of amides is 1. The van der Waals surface area contributed by atoms with Gasteiger partial charge in [0.15, 0.2) is 0 Å². The van der Waals surface area contributed by atoms with E-state index in [1.54, 1.807) is 12.1 Å². The fourth-order valence-electron chi connectivity index (χ4n) is 0.710. The number of hydrogen-bond acceptors (Lipinski definition) is 1. The minimum Gasteiger partial charge on any atom is -0.652 e. The number of benzene rings is 1. The van der Waals surface area contributed by atoms with Crippen LogP contribution in [0.5, 0.6) is 0 Å². The molecule has 1 aromatic rings. The monoisotopic (exact) mass is 249 g/mol. The summed E-state index contributed by atoms with van der Waals surface area (Å²) in [6.07, 6.45) is 0. The summed E-state index contributed by atoms with van der Waals surface area (Å²) in [5.41, 5.74) is 0.644. The van der Waals surface area contributed by atoms with E-state index in [0.717, 1.165) is 0 Å². The van der Waals surface area contributed by atoms with E-state index in [4.69, 9.17) is 0 Å². The van der Waals surface area contributed by atoms with Crippen LogP contribution in [-0.2, 0) is 0 Å². The summed E-state index contributed by atoms with van der Waals surface area (Å²) < 4.78 is 0. The van der Waals surface area contributed by atoms with E-state index in [1.807, 2.05) is 32.0 Å². The Balaban J connectivity index is 0. The SMILES string of the molecule is CC.C[N-]C(=O)c1ccccc1.[Rb+]. The van der Waals surface area contributed by atoms with E-state index in [2.05, 4.69) is 5.32 Å². The van der Waals surface area contributed by atoms with E-state index in [1.165, 1.54) is 7.05 Å². The predicted molar refractivity (Wildman–Crippen MR) is 51.4 cm³/mol. The number of hydrogen-bond donors (Lipinski definition) is 0. The van der Waals surface area contributed by atoms with Gasteiger partial charge >= 0.3 is 58.2 Å². The molecule has 0 heterocycles. The first kappa shape index (κ1) is 15.9.